The fourth-order valence-electron chi connectivity index (χ4n) is 3.73. The average Bonchev–Trinajstić information content (AvgIpc) is 2.62. The van der Waals surface area contributed by atoms with Gasteiger partial charge in [-0.2, -0.15) is 0 Å². The molecule has 0 bridgehead atoms. The second-order valence-electron chi connectivity index (χ2n) is 6.74. The van der Waals surface area contributed by atoms with Crippen LogP contribution in [-0.4, -0.2) is 55.5 Å². The molecule has 2 aliphatic rings. The van der Waals surface area contributed by atoms with Gasteiger partial charge in [0.2, 0.25) is 5.91 Å². The van der Waals surface area contributed by atoms with Gasteiger partial charge in [0.15, 0.2) is 0 Å². The SMILES string of the molecule is COc1ccc2c(c1)C(CCCN1CCN(C(C)=O)CC1)=CCC2. The molecule has 0 unspecified atom stereocenters. The van der Waals surface area contributed by atoms with Crippen LogP contribution in [0.5, 0.6) is 5.75 Å². The van der Waals surface area contributed by atoms with Gasteiger partial charge in [0, 0.05) is 33.1 Å². The largest absolute Gasteiger partial charge is 0.497 e. The number of amides is 1. The molecule has 24 heavy (non-hydrogen) atoms. The zero-order valence-electron chi connectivity index (χ0n) is 14.9. The summed E-state index contributed by atoms with van der Waals surface area (Å²) in [5, 5.41) is 0. The van der Waals surface area contributed by atoms with Gasteiger partial charge in [-0.15, -0.1) is 0 Å². The molecule has 0 aromatic heterocycles. The van der Waals surface area contributed by atoms with E-state index in [1.165, 1.54) is 23.1 Å². The van der Waals surface area contributed by atoms with Crippen molar-refractivity contribution < 1.29 is 9.53 Å². The first-order valence-electron chi connectivity index (χ1n) is 9.01. The van der Waals surface area contributed by atoms with Crippen LogP contribution in [0.4, 0.5) is 0 Å². The van der Waals surface area contributed by atoms with Crippen molar-refractivity contribution >= 4 is 11.5 Å². The highest BCUT2D eigenvalue weighted by Gasteiger charge is 2.19. The number of nitrogens with zero attached hydrogens (tertiary/aromatic N) is 2. The number of allylic oxidation sites excluding steroid dienone is 2. The van der Waals surface area contributed by atoms with Gasteiger partial charge >= 0.3 is 0 Å². The van der Waals surface area contributed by atoms with E-state index in [0.29, 0.717) is 0 Å². The second-order valence-corrected chi connectivity index (χ2v) is 6.74. The average molecular weight is 328 g/mol. The number of hydrogen-bond donors (Lipinski definition) is 0. The minimum Gasteiger partial charge on any atom is -0.497 e. The maximum Gasteiger partial charge on any atom is 0.219 e. The normalized spacial score (nSPS) is 18.1. The molecule has 0 saturated carbocycles. The number of aryl methyl sites for hydroxylation is 1. The summed E-state index contributed by atoms with van der Waals surface area (Å²) in [5.74, 6) is 1.15. The lowest BCUT2D eigenvalue weighted by molar-refractivity contribution is -0.130. The van der Waals surface area contributed by atoms with Crippen molar-refractivity contribution in [1.82, 2.24) is 9.80 Å². The molecule has 1 heterocycles. The Morgan fingerprint density at radius 1 is 1.21 bits per heavy atom. The van der Waals surface area contributed by atoms with Crippen molar-refractivity contribution in [2.75, 3.05) is 39.8 Å². The molecular formula is C20H28N2O2. The molecule has 1 aromatic rings. The molecule has 1 aliphatic heterocycles. The van der Waals surface area contributed by atoms with Crippen LogP contribution in [0.15, 0.2) is 24.3 Å². The van der Waals surface area contributed by atoms with Crippen LogP contribution in [0, 0.1) is 0 Å². The Kier molecular flexibility index (Phi) is 5.56. The molecule has 4 heteroatoms. The molecule has 0 atom stereocenters. The molecule has 130 valence electrons. The van der Waals surface area contributed by atoms with Gasteiger partial charge in [0.05, 0.1) is 7.11 Å². The minimum absolute atomic E-state index is 0.201. The van der Waals surface area contributed by atoms with E-state index in [2.05, 4.69) is 29.2 Å². The predicted molar refractivity (Wildman–Crippen MR) is 97.2 cm³/mol. The number of benzene rings is 1. The second kappa shape index (κ2) is 7.84. The summed E-state index contributed by atoms with van der Waals surface area (Å²) in [4.78, 5) is 15.8. The molecule has 0 radical (unpaired) electrons. The molecule has 3 rings (SSSR count). The molecule has 1 amide bonds. The van der Waals surface area contributed by atoms with Crippen molar-refractivity contribution in [3.05, 3.63) is 35.4 Å². The third kappa shape index (κ3) is 3.99. The summed E-state index contributed by atoms with van der Waals surface area (Å²) in [6.45, 7) is 6.53. The Morgan fingerprint density at radius 2 is 2.00 bits per heavy atom. The number of carbonyl (C=O) groups is 1. The van der Waals surface area contributed by atoms with Crippen molar-refractivity contribution in [1.29, 1.82) is 0 Å². The quantitative estimate of drug-likeness (QED) is 0.833. The number of ether oxygens (including phenoxy) is 1. The van der Waals surface area contributed by atoms with Crippen LogP contribution >= 0.6 is 0 Å². The molecule has 1 fully saturated rings. The number of methoxy groups -OCH3 is 1. The van der Waals surface area contributed by atoms with Crippen LogP contribution in [0.3, 0.4) is 0 Å². The Hall–Kier alpha value is -1.81. The molecular weight excluding hydrogens is 300 g/mol. The lowest BCUT2D eigenvalue weighted by Gasteiger charge is -2.34. The number of hydrogen-bond acceptors (Lipinski definition) is 3. The highest BCUT2D eigenvalue weighted by Crippen LogP contribution is 2.32. The van der Waals surface area contributed by atoms with Gasteiger partial charge in [-0.1, -0.05) is 12.1 Å². The zero-order valence-corrected chi connectivity index (χ0v) is 14.9. The number of piperazine rings is 1. The van der Waals surface area contributed by atoms with E-state index >= 15 is 0 Å². The van der Waals surface area contributed by atoms with Crippen LogP contribution in [-0.2, 0) is 11.2 Å². The number of carbonyl (C=O) groups excluding carboxylic acids is 1. The molecule has 1 aliphatic carbocycles. The number of fused-ring (bicyclic) bond motifs is 1. The Bertz CT molecular complexity index is 616. The smallest absolute Gasteiger partial charge is 0.219 e. The maximum atomic E-state index is 11.4. The van der Waals surface area contributed by atoms with Crippen molar-refractivity contribution in [2.24, 2.45) is 0 Å². The standard InChI is InChI=1S/C20H28N2O2/c1-16(23)22-13-11-21(12-14-22)10-4-7-17-5-3-6-18-8-9-19(24-2)15-20(17)18/h5,8-9,15H,3-4,6-7,10-14H2,1-2H3. The third-order valence-electron chi connectivity index (χ3n) is 5.21. The van der Waals surface area contributed by atoms with Gasteiger partial charge < -0.3 is 9.64 Å². The van der Waals surface area contributed by atoms with Crippen LogP contribution in [0.25, 0.3) is 5.57 Å². The van der Waals surface area contributed by atoms with E-state index in [0.717, 1.165) is 57.7 Å². The van der Waals surface area contributed by atoms with Gasteiger partial charge in [-0.3, -0.25) is 9.69 Å². The fourth-order valence-corrected chi connectivity index (χ4v) is 3.73. The van der Waals surface area contributed by atoms with Crippen molar-refractivity contribution in [3.8, 4) is 5.75 Å². The highest BCUT2D eigenvalue weighted by atomic mass is 16.5. The fraction of sp³-hybridized carbons (Fsp3) is 0.550. The molecule has 1 aromatic carbocycles. The first kappa shape index (κ1) is 17.0. The summed E-state index contributed by atoms with van der Waals surface area (Å²) in [5.41, 5.74) is 4.29. The van der Waals surface area contributed by atoms with Gasteiger partial charge in [-0.05, 0) is 61.1 Å². The van der Waals surface area contributed by atoms with E-state index in [1.54, 1.807) is 14.0 Å². The van der Waals surface area contributed by atoms with E-state index in [9.17, 15) is 4.79 Å². The Labute approximate surface area is 145 Å². The molecule has 0 N–H and O–H groups in total. The first-order valence-corrected chi connectivity index (χ1v) is 9.01. The minimum atomic E-state index is 0.201. The summed E-state index contributed by atoms with van der Waals surface area (Å²) in [7, 11) is 1.73. The molecule has 4 nitrogen and oxygen atoms in total. The predicted octanol–water partition coefficient (Wildman–Crippen LogP) is 2.97. The van der Waals surface area contributed by atoms with E-state index in [4.69, 9.17) is 4.74 Å². The number of rotatable bonds is 5. The topological polar surface area (TPSA) is 32.8 Å². The Balaban J connectivity index is 1.51. The maximum absolute atomic E-state index is 11.4. The lowest BCUT2D eigenvalue weighted by Crippen LogP contribution is -2.48. The lowest BCUT2D eigenvalue weighted by atomic mass is 9.88. The third-order valence-corrected chi connectivity index (χ3v) is 5.21. The van der Waals surface area contributed by atoms with Crippen molar-refractivity contribution in [2.45, 2.75) is 32.6 Å². The van der Waals surface area contributed by atoms with E-state index in [-0.39, 0.29) is 5.91 Å². The van der Waals surface area contributed by atoms with Crippen LogP contribution in [0.2, 0.25) is 0 Å². The summed E-state index contributed by atoms with van der Waals surface area (Å²) < 4.78 is 5.39. The monoisotopic (exact) mass is 328 g/mol. The van der Waals surface area contributed by atoms with Gasteiger partial charge in [-0.25, -0.2) is 0 Å². The molecule has 0 spiro atoms. The van der Waals surface area contributed by atoms with E-state index in [1.807, 2.05) is 4.90 Å². The van der Waals surface area contributed by atoms with Gasteiger partial charge in [0.25, 0.3) is 0 Å². The van der Waals surface area contributed by atoms with Crippen LogP contribution in [0.1, 0.15) is 37.3 Å². The zero-order chi connectivity index (χ0) is 16.9. The Morgan fingerprint density at radius 3 is 2.71 bits per heavy atom. The summed E-state index contributed by atoms with van der Waals surface area (Å²) >= 11 is 0. The first-order chi connectivity index (χ1) is 11.7. The summed E-state index contributed by atoms with van der Waals surface area (Å²) in [6.07, 6.45) is 6.97. The van der Waals surface area contributed by atoms with Crippen LogP contribution < -0.4 is 4.74 Å². The molecule has 1 saturated heterocycles. The highest BCUT2D eigenvalue weighted by molar-refractivity contribution is 5.73. The van der Waals surface area contributed by atoms with Gasteiger partial charge in [0.1, 0.15) is 5.75 Å². The van der Waals surface area contributed by atoms with Crippen molar-refractivity contribution in [3.63, 3.8) is 0 Å². The summed E-state index contributed by atoms with van der Waals surface area (Å²) in [6, 6.07) is 6.46. The van der Waals surface area contributed by atoms with E-state index < -0.39 is 0 Å².